The number of likely N-dealkylation sites (tertiary alicyclic amines) is 1. The van der Waals surface area contributed by atoms with Gasteiger partial charge < -0.3 is 14.6 Å². The number of rotatable bonds is 5. The van der Waals surface area contributed by atoms with Crippen LogP contribution in [-0.4, -0.2) is 36.7 Å². The second kappa shape index (κ2) is 7.27. The van der Waals surface area contributed by atoms with Crippen molar-refractivity contribution in [2.45, 2.75) is 18.8 Å². The van der Waals surface area contributed by atoms with Gasteiger partial charge in [0.1, 0.15) is 11.6 Å². The Hall–Kier alpha value is -1.07. The molecule has 1 aliphatic rings. The Balaban J connectivity index is 0.00000220. The Morgan fingerprint density at radius 3 is 2.43 bits per heavy atom. The molecule has 1 saturated heterocycles. The molecule has 0 saturated carbocycles. The molecule has 1 unspecified atom stereocenters. The molecular weight excluding hydrogens is 289 g/mol. The second-order valence-electron chi connectivity index (χ2n) is 4.36. The van der Waals surface area contributed by atoms with E-state index in [-0.39, 0.29) is 37.5 Å². The molecule has 1 aromatic rings. The summed E-state index contributed by atoms with van der Waals surface area (Å²) in [5.41, 5.74) is -0.276. The predicted molar refractivity (Wildman–Crippen MR) is 56.6 cm³/mol. The Bertz CT molecular complexity index is 511. The van der Waals surface area contributed by atoms with Gasteiger partial charge in [0, 0.05) is 24.7 Å². The Morgan fingerprint density at radius 2 is 1.95 bits per heavy atom. The number of carboxylic acid groups (broad SMARTS) is 1. The summed E-state index contributed by atoms with van der Waals surface area (Å²) >= 11 is 0. The van der Waals surface area contributed by atoms with E-state index in [0.29, 0.717) is 6.07 Å². The SMILES string of the molecule is O=C([O-])C(c1ccc(F)cc1F)N1CC(OC(F)F)C1.[Li+]. The van der Waals surface area contributed by atoms with Crippen molar-refractivity contribution in [2.24, 2.45) is 0 Å². The summed E-state index contributed by atoms with van der Waals surface area (Å²) in [5.74, 6) is -3.46. The third-order valence-corrected chi connectivity index (χ3v) is 3.02. The van der Waals surface area contributed by atoms with Crippen LogP contribution in [0.1, 0.15) is 11.6 Å². The van der Waals surface area contributed by atoms with Crippen LogP contribution in [0.25, 0.3) is 0 Å². The maximum Gasteiger partial charge on any atom is 1.00 e. The molecule has 0 N–H and O–H groups in total. The second-order valence-corrected chi connectivity index (χ2v) is 4.36. The molecule has 1 aliphatic heterocycles. The van der Waals surface area contributed by atoms with Gasteiger partial charge in [-0.1, -0.05) is 6.07 Å². The van der Waals surface area contributed by atoms with Crippen LogP contribution in [0.5, 0.6) is 0 Å². The molecule has 0 aliphatic carbocycles. The number of halogens is 4. The zero-order valence-corrected chi connectivity index (χ0v) is 11.1. The Labute approximate surface area is 129 Å². The minimum Gasteiger partial charge on any atom is -0.548 e. The van der Waals surface area contributed by atoms with E-state index < -0.39 is 36.4 Å². The van der Waals surface area contributed by atoms with E-state index in [1.165, 1.54) is 4.90 Å². The van der Waals surface area contributed by atoms with Crippen molar-refractivity contribution in [1.29, 1.82) is 0 Å². The topological polar surface area (TPSA) is 52.6 Å². The Morgan fingerprint density at radius 1 is 1.33 bits per heavy atom. The van der Waals surface area contributed by atoms with Crippen LogP contribution in [-0.2, 0) is 9.53 Å². The van der Waals surface area contributed by atoms with Crippen molar-refractivity contribution in [1.82, 2.24) is 4.90 Å². The Kier molecular flexibility index (Phi) is 6.22. The van der Waals surface area contributed by atoms with Gasteiger partial charge in [0.15, 0.2) is 0 Å². The largest absolute Gasteiger partial charge is 1.00 e. The quantitative estimate of drug-likeness (QED) is 0.453. The number of ether oxygens (including phenoxy) is 1. The van der Waals surface area contributed by atoms with E-state index in [0.717, 1.165) is 12.1 Å². The maximum atomic E-state index is 13.6. The van der Waals surface area contributed by atoms with Gasteiger partial charge in [0.05, 0.1) is 18.1 Å². The molecule has 0 aromatic heterocycles. The van der Waals surface area contributed by atoms with Crippen molar-refractivity contribution in [3.8, 4) is 0 Å². The van der Waals surface area contributed by atoms with Crippen molar-refractivity contribution in [3.05, 3.63) is 35.4 Å². The fraction of sp³-hybridized carbons (Fsp3) is 0.417. The summed E-state index contributed by atoms with van der Waals surface area (Å²) in [7, 11) is 0. The molecule has 0 bridgehead atoms. The van der Waals surface area contributed by atoms with Crippen molar-refractivity contribution < 1.29 is 51.1 Å². The van der Waals surface area contributed by atoms with Gasteiger partial charge in [-0.15, -0.1) is 0 Å². The van der Waals surface area contributed by atoms with Gasteiger partial charge in [-0.2, -0.15) is 8.78 Å². The summed E-state index contributed by atoms with van der Waals surface area (Å²) < 4.78 is 54.5. The van der Waals surface area contributed by atoms with Crippen LogP contribution < -0.4 is 24.0 Å². The van der Waals surface area contributed by atoms with Gasteiger partial charge >= 0.3 is 25.5 Å². The molecule has 2 rings (SSSR count). The van der Waals surface area contributed by atoms with E-state index in [4.69, 9.17) is 0 Å². The van der Waals surface area contributed by atoms with Gasteiger partial charge in [0.2, 0.25) is 0 Å². The fourth-order valence-corrected chi connectivity index (χ4v) is 2.11. The number of hydrogen-bond acceptors (Lipinski definition) is 4. The van der Waals surface area contributed by atoms with Gasteiger partial charge in [-0.05, 0) is 6.07 Å². The van der Waals surface area contributed by atoms with Crippen molar-refractivity contribution >= 4 is 5.97 Å². The third kappa shape index (κ3) is 4.20. The number of carboxylic acids is 1. The van der Waals surface area contributed by atoms with E-state index >= 15 is 0 Å². The van der Waals surface area contributed by atoms with Crippen LogP contribution in [0, 0.1) is 11.6 Å². The smallest absolute Gasteiger partial charge is 0.548 e. The zero-order chi connectivity index (χ0) is 14.9. The molecule has 1 atom stereocenters. The summed E-state index contributed by atoms with van der Waals surface area (Å²) in [5, 5.41) is 11.1. The van der Waals surface area contributed by atoms with Crippen LogP contribution in [0.2, 0.25) is 0 Å². The number of nitrogens with zero attached hydrogens (tertiary/aromatic N) is 1. The summed E-state index contributed by atoms with van der Waals surface area (Å²) in [6.45, 7) is -3.15. The fourth-order valence-electron chi connectivity index (χ4n) is 2.11. The van der Waals surface area contributed by atoms with Crippen molar-refractivity contribution in [2.75, 3.05) is 13.1 Å². The van der Waals surface area contributed by atoms with Gasteiger partial charge in [-0.3, -0.25) is 4.90 Å². The number of alkyl halides is 2. The minimum absolute atomic E-state index is 0. The van der Waals surface area contributed by atoms with Crippen molar-refractivity contribution in [3.63, 3.8) is 0 Å². The van der Waals surface area contributed by atoms with E-state index in [9.17, 15) is 27.5 Å². The average molecular weight is 299 g/mol. The average Bonchev–Trinajstić information content (AvgIpc) is 2.27. The standard InChI is InChI=1S/C12H11F4NO3.Li/c13-6-1-2-8(9(14)3-6)10(11(18)19)17-4-7(5-17)20-12(15)16;/h1-3,7,10,12H,4-5H2,(H,18,19);/q;+1/p-1. The molecule has 110 valence electrons. The van der Waals surface area contributed by atoms with Gasteiger partial charge in [-0.25, -0.2) is 8.78 Å². The van der Waals surface area contributed by atoms with Crippen LogP contribution in [0.15, 0.2) is 18.2 Å². The molecule has 21 heavy (non-hydrogen) atoms. The van der Waals surface area contributed by atoms with E-state index in [1.807, 2.05) is 0 Å². The number of benzene rings is 1. The van der Waals surface area contributed by atoms with Crippen LogP contribution in [0.4, 0.5) is 17.6 Å². The van der Waals surface area contributed by atoms with E-state index in [1.54, 1.807) is 0 Å². The first kappa shape index (κ1) is 18.0. The first-order valence-electron chi connectivity index (χ1n) is 5.72. The van der Waals surface area contributed by atoms with E-state index in [2.05, 4.69) is 4.74 Å². The molecule has 1 aromatic carbocycles. The predicted octanol–water partition coefficient (Wildman–Crippen LogP) is -2.32. The first-order chi connectivity index (χ1) is 9.38. The molecule has 9 heteroatoms. The number of carbonyl (C=O) groups excluding carboxylic acids is 1. The molecule has 1 fully saturated rings. The first-order valence-corrected chi connectivity index (χ1v) is 5.72. The summed E-state index contributed by atoms with van der Waals surface area (Å²) in [4.78, 5) is 12.3. The molecule has 1 heterocycles. The summed E-state index contributed by atoms with van der Waals surface area (Å²) in [6.07, 6.45) is -0.819. The normalized spacial score (nSPS) is 17.2. The molecule has 4 nitrogen and oxygen atoms in total. The van der Waals surface area contributed by atoms with Gasteiger partial charge in [0.25, 0.3) is 0 Å². The number of carbonyl (C=O) groups is 1. The number of hydrogen-bond donors (Lipinski definition) is 0. The third-order valence-electron chi connectivity index (χ3n) is 3.02. The summed E-state index contributed by atoms with van der Waals surface area (Å²) in [6, 6.07) is 0.999. The zero-order valence-electron chi connectivity index (χ0n) is 11.1. The molecule has 0 amide bonds. The molecular formula is C12H10F4LiNO3. The van der Waals surface area contributed by atoms with Crippen LogP contribution >= 0.6 is 0 Å². The molecule has 0 radical (unpaired) electrons. The number of aliphatic carboxylic acids is 1. The maximum absolute atomic E-state index is 13.6. The monoisotopic (exact) mass is 299 g/mol. The minimum atomic E-state index is -2.95. The van der Waals surface area contributed by atoms with Crippen LogP contribution in [0.3, 0.4) is 0 Å². The molecule has 0 spiro atoms.